The predicted octanol–water partition coefficient (Wildman–Crippen LogP) is 4.39. The number of benzene rings is 1. The quantitative estimate of drug-likeness (QED) is 0.582. The predicted molar refractivity (Wildman–Crippen MR) is 93.0 cm³/mol. The van der Waals surface area contributed by atoms with Gasteiger partial charge in [-0.15, -0.1) is 13.2 Å². The molecule has 0 unspecified atom stereocenters. The number of nitrogens with zero attached hydrogens (tertiary/aromatic N) is 2. The SMILES string of the molecule is O=C1/C(=C/c2ccc(OC(F)(F)F)cc2)SC(=S)N1c1cccnc1. The summed E-state index contributed by atoms with van der Waals surface area (Å²) in [7, 11) is 0. The third-order valence-corrected chi connectivity index (χ3v) is 4.41. The van der Waals surface area contributed by atoms with Crippen LogP contribution >= 0.6 is 24.0 Å². The van der Waals surface area contributed by atoms with Gasteiger partial charge in [-0.25, -0.2) is 0 Å². The lowest BCUT2D eigenvalue weighted by molar-refractivity contribution is -0.274. The lowest BCUT2D eigenvalue weighted by Gasteiger charge is -2.13. The number of anilines is 1. The fraction of sp³-hybridized carbons (Fsp3) is 0.0625. The Morgan fingerprint density at radius 1 is 1.20 bits per heavy atom. The minimum atomic E-state index is -4.74. The van der Waals surface area contributed by atoms with E-state index in [1.165, 1.54) is 35.4 Å². The van der Waals surface area contributed by atoms with Gasteiger partial charge < -0.3 is 4.74 Å². The van der Waals surface area contributed by atoms with Crippen LogP contribution < -0.4 is 9.64 Å². The van der Waals surface area contributed by atoms with Gasteiger partial charge in [-0.3, -0.25) is 14.7 Å². The molecule has 0 radical (unpaired) electrons. The molecule has 0 atom stereocenters. The number of hydrogen-bond acceptors (Lipinski definition) is 5. The van der Waals surface area contributed by atoms with Crippen molar-refractivity contribution in [2.45, 2.75) is 6.36 Å². The van der Waals surface area contributed by atoms with Crippen LogP contribution in [0.4, 0.5) is 18.9 Å². The van der Waals surface area contributed by atoms with Crippen molar-refractivity contribution in [2.24, 2.45) is 0 Å². The molecule has 0 bridgehead atoms. The number of carbonyl (C=O) groups excluding carboxylic acids is 1. The first-order valence-electron chi connectivity index (χ1n) is 6.87. The second kappa shape index (κ2) is 6.85. The second-order valence-electron chi connectivity index (χ2n) is 4.85. The number of hydrogen-bond donors (Lipinski definition) is 0. The number of halogens is 3. The summed E-state index contributed by atoms with van der Waals surface area (Å²) >= 11 is 6.34. The minimum absolute atomic E-state index is 0.307. The smallest absolute Gasteiger partial charge is 0.406 e. The van der Waals surface area contributed by atoms with Gasteiger partial charge in [0.1, 0.15) is 5.75 Å². The van der Waals surface area contributed by atoms with Crippen molar-refractivity contribution < 1.29 is 22.7 Å². The van der Waals surface area contributed by atoms with E-state index in [1.54, 1.807) is 24.4 Å². The van der Waals surface area contributed by atoms with Gasteiger partial charge in [0.15, 0.2) is 4.32 Å². The summed E-state index contributed by atoms with van der Waals surface area (Å²) in [5.41, 5.74) is 1.11. The molecule has 1 amide bonds. The van der Waals surface area contributed by atoms with Gasteiger partial charge in [0.2, 0.25) is 0 Å². The molecule has 25 heavy (non-hydrogen) atoms. The maximum absolute atomic E-state index is 12.5. The lowest BCUT2D eigenvalue weighted by atomic mass is 10.2. The van der Waals surface area contributed by atoms with Crippen LogP contribution in [0.3, 0.4) is 0 Å². The zero-order chi connectivity index (χ0) is 18.0. The first-order chi connectivity index (χ1) is 11.8. The summed E-state index contributed by atoms with van der Waals surface area (Å²) in [6, 6.07) is 8.62. The van der Waals surface area contributed by atoms with E-state index in [9.17, 15) is 18.0 Å². The number of alkyl halides is 3. The average Bonchev–Trinajstić information content (AvgIpc) is 2.83. The van der Waals surface area contributed by atoms with Gasteiger partial charge in [0, 0.05) is 6.20 Å². The van der Waals surface area contributed by atoms with Crippen molar-refractivity contribution in [3.63, 3.8) is 0 Å². The van der Waals surface area contributed by atoms with Gasteiger partial charge in [-0.05, 0) is 35.9 Å². The van der Waals surface area contributed by atoms with Crippen molar-refractivity contribution >= 4 is 46.0 Å². The monoisotopic (exact) mass is 382 g/mol. The number of amides is 1. The van der Waals surface area contributed by atoms with E-state index in [1.807, 2.05) is 0 Å². The Morgan fingerprint density at radius 2 is 1.92 bits per heavy atom. The van der Waals surface area contributed by atoms with E-state index >= 15 is 0 Å². The zero-order valence-electron chi connectivity index (χ0n) is 12.4. The molecule has 1 aromatic carbocycles. The number of ether oxygens (including phenoxy) is 1. The highest BCUT2D eigenvalue weighted by Crippen LogP contribution is 2.35. The van der Waals surface area contributed by atoms with E-state index in [0.29, 0.717) is 20.5 Å². The summed E-state index contributed by atoms with van der Waals surface area (Å²) in [5.74, 6) is -0.633. The van der Waals surface area contributed by atoms with Crippen LogP contribution in [0, 0.1) is 0 Å². The van der Waals surface area contributed by atoms with Crippen molar-refractivity contribution in [3.05, 3.63) is 59.3 Å². The molecular formula is C16H9F3N2O2S2. The average molecular weight is 382 g/mol. The van der Waals surface area contributed by atoms with E-state index in [-0.39, 0.29) is 11.7 Å². The third-order valence-electron chi connectivity index (χ3n) is 3.11. The van der Waals surface area contributed by atoms with E-state index in [0.717, 1.165) is 11.8 Å². The Morgan fingerprint density at radius 3 is 2.52 bits per heavy atom. The van der Waals surface area contributed by atoms with Gasteiger partial charge in [0.25, 0.3) is 5.91 Å². The van der Waals surface area contributed by atoms with Crippen molar-refractivity contribution in [1.29, 1.82) is 0 Å². The van der Waals surface area contributed by atoms with Crippen LogP contribution in [0.25, 0.3) is 6.08 Å². The first-order valence-corrected chi connectivity index (χ1v) is 8.10. The molecule has 1 saturated heterocycles. The number of rotatable bonds is 3. The fourth-order valence-electron chi connectivity index (χ4n) is 2.09. The number of aromatic nitrogens is 1. The van der Waals surface area contributed by atoms with Gasteiger partial charge in [0.05, 0.1) is 16.8 Å². The molecule has 0 saturated carbocycles. The standard InChI is InChI=1S/C16H9F3N2O2S2/c17-16(18,19)23-12-5-3-10(4-6-12)8-13-14(22)21(15(24)25-13)11-2-1-7-20-9-11/h1-9H/b13-8-. The van der Waals surface area contributed by atoms with Gasteiger partial charge in [-0.2, -0.15) is 0 Å². The molecule has 4 nitrogen and oxygen atoms in total. The molecule has 1 fully saturated rings. The number of thiocarbonyl (C=S) groups is 1. The molecule has 2 aromatic rings. The number of carbonyl (C=O) groups is 1. The van der Waals surface area contributed by atoms with Crippen LogP contribution in [0.2, 0.25) is 0 Å². The fourth-order valence-corrected chi connectivity index (χ4v) is 3.39. The molecular weight excluding hydrogens is 373 g/mol. The summed E-state index contributed by atoms with van der Waals surface area (Å²) in [6.45, 7) is 0. The topological polar surface area (TPSA) is 42.4 Å². The van der Waals surface area contributed by atoms with Gasteiger partial charge in [-0.1, -0.05) is 36.1 Å². The highest BCUT2D eigenvalue weighted by Gasteiger charge is 2.33. The molecule has 9 heteroatoms. The molecule has 128 valence electrons. The number of thioether (sulfide) groups is 1. The van der Waals surface area contributed by atoms with Crippen molar-refractivity contribution in [2.75, 3.05) is 4.90 Å². The van der Waals surface area contributed by atoms with Gasteiger partial charge >= 0.3 is 6.36 Å². The Hall–Kier alpha value is -2.39. The Kier molecular flexibility index (Phi) is 4.78. The summed E-state index contributed by atoms with van der Waals surface area (Å²) in [6.07, 6.45) is -0.0702. The molecule has 2 heterocycles. The largest absolute Gasteiger partial charge is 0.573 e. The van der Waals surface area contributed by atoms with Crippen molar-refractivity contribution in [1.82, 2.24) is 4.98 Å². The summed E-state index contributed by atoms with van der Waals surface area (Å²) in [5, 5.41) is 0. The number of pyridine rings is 1. The highest BCUT2D eigenvalue weighted by atomic mass is 32.2. The van der Waals surface area contributed by atoms with Crippen LogP contribution in [0.15, 0.2) is 53.7 Å². The van der Waals surface area contributed by atoms with Crippen LogP contribution in [-0.4, -0.2) is 21.6 Å². The van der Waals surface area contributed by atoms with E-state index in [4.69, 9.17) is 12.2 Å². The van der Waals surface area contributed by atoms with E-state index < -0.39 is 6.36 Å². The first kappa shape index (κ1) is 17.4. The zero-order valence-corrected chi connectivity index (χ0v) is 14.0. The molecule has 0 aliphatic carbocycles. The molecule has 1 aliphatic heterocycles. The Labute approximate surface area is 150 Å². The molecule has 1 aliphatic rings. The van der Waals surface area contributed by atoms with Crippen LogP contribution in [0.5, 0.6) is 5.75 Å². The maximum Gasteiger partial charge on any atom is 0.573 e. The van der Waals surface area contributed by atoms with Crippen LogP contribution in [-0.2, 0) is 4.79 Å². The summed E-state index contributed by atoms with van der Waals surface area (Å²) < 4.78 is 40.7. The minimum Gasteiger partial charge on any atom is -0.406 e. The lowest BCUT2D eigenvalue weighted by Crippen LogP contribution is -2.27. The van der Waals surface area contributed by atoms with Crippen LogP contribution in [0.1, 0.15) is 5.56 Å². The third kappa shape index (κ3) is 4.18. The highest BCUT2D eigenvalue weighted by molar-refractivity contribution is 8.27. The van der Waals surface area contributed by atoms with Crippen molar-refractivity contribution in [3.8, 4) is 5.75 Å². The second-order valence-corrected chi connectivity index (χ2v) is 6.52. The maximum atomic E-state index is 12.5. The van der Waals surface area contributed by atoms with E-state index in [2.05, 4.69) is 9.72 Å². The molecule has 1 aromatic heterocycles. The molecule has 0 N–H and O–H groups in total. The Balaban J connectivity index is 1.80. The summed E-state index contributed by atoms with van der Waals surface area (Å²) in [4.78, 5) is 18.2. The Bertz CT molecular complexity index is 837. The normalized spacial score (nSPS) is 16.6. The molecule has 3 rings (SSSR count). The molecule has 0 spiro atoms.